The van der Waals surface area contributed by atoms with Gasteiger partial charge in [0.2, 0.25) is 5.82 Å². The minimum Gasteiger partial charge on any atom is -0.358 e. The summed E-state index contributed by atoms with van der Waals surface area (Å²) in [5.41, 5.74) is 0.0750. The molecule has 1 saturated heterocycles. The van der Waals surface area contributed by atoms with Crippen LogP contribution in [0.2, 0.25) is 0 Å². The highest BCUT2D eigenvalue weighted by Crippen LogP contribution is 2.60. The Kier molecular flexibility index (Phi) is 6.19. The average molecular weight is 441 g/mol. The normalized spacial score (nSPS) is 31.8. The molecule has 2 heterocycles. The summed E-state index contributed by atoms with van der Waals surface area (Å²) in [5, 5.41) is 11.0. The van der Waals surface area contributed by atoms with Gasteiger partial charge in [0.15, 0.2) is 0 Å². The minimum absolute atomic E-state index is 0.0750. The lowest BCUT2D eigenvalue weighted by Gasteiger charge is -2.56. The molecule has 174 valence electrons. The molecule has 4 bridgehead atoms. The molecule has 6 rings (SSSR count). The van der Waals surface area contributed by atoms with Crippen molar-refractivity contribution < 1.29 is 9.72 Å². The first-order chi connectivity index (χ1) is 15.5. The number of rotatable bonds is 9. The molecule has 0 spiro atoms. The number of nitro groups is 1. The molecule has 0 aromatic carbocycles. The van der Waals surface area contributed by atoms with Gasteiger partial charge in [-0.25, -0.2) is 0 Å². The Bertz CT molecular complexity index is 814. The highest BCUT2D eigenvalue weighted by atomic mass is 16.6. The maximum Gasteiger partial charge on any atom is 0.365 e. The second kappa shape index (κ2) is 9.08. The number of hydrogen-bond acceptors (Lipinski definition) is 6. The number of ketones is 1. The van der Waals surface area contributed by atoms with E-state index in [1.165, 1.54) is 44.6 Å². The summed E-state index contributed by atoms with van der Waals surface area (Å²) in [7, 11) is 0. The number of anilines is 1. The predicted molar refractivity (Wildman–Crippen MR) is 124 cm³/mol. The Morgan fingerprint density at radius 1 is 1.00 bits per heavy atom. The Morgan fingerprint density at radius 2 is 1.66 bits per heavy atom. The van der Waals surface area contributed by atoms with Gasteiger partial charge >= 0.3 is 5.82 Å². The molecule has 0 unspecified atom stereocenters. The summed E-state index contributed by atoms with van der Waals surface area (Å²) in [4.78, 5) is 32.4. The molecule has 4 aliphatic carbocycles. The van der Waals surface area contributed by atoms with Gasteiger partial charge in [-0.1, -0.05) is 6.42 Å². The molecular weight excluding hydrogens is 404 g/mol. The average Bonchev–Trinajstić information content (AvgIpc) is 2.78. The smallest absolute Gasteiger partial charge is 0.358 e. The first kappa shape index (κ1) is 21.8. The van der Waals surface area contributed by atoms with E-state index in [2.05, 4.69) is 14.8 Å². The van der Waals surface area contributed by atoms with E-state index in [-0.39, 0.29) is 11.2 Å². The summed E-state index contributed by atoms with van der Waals surface area (Å²) in [6, 6.07) is 4.99. The van der Waals surface area contributed by atoms with Crippen molar-refractivity contribution in [2.24, 2.45) is 23.2 Å². The monoisotopic (exact) mass is 440 g/mol. The van der Waals surface area contributed by atoms with E-state index < -0.39 is 4.92 Å². The maximum absolute atomic E-state index is 13.1. The van der Waals surface area contributed by atoms with E-state index in [0.29, 0.717) is 11.6 Å². The first-order valence-electron chi connectivity index (χ1n) is 12.6. The van der Waals surface area contributed by atoms with Crippen LogP contribution in [0.5, 0.6) is 0 Å². The van der Waals surface area contributed by atoms with Crippen LogP contribution in [-0.2, 0) is 4.79 Å². The lowest BCUT2D eigenvalue weighted by Crippen LogP contribution is -2.50. The fourth-order valence-electron chi connectivity index (χ4n) is 7.41. The third kappa shape index (κ3) is 4.54. The second-order valence-corrected chi connectivity index (χ2v) is 10.9. The fourth-order valence-corrected chi connectivity index (χ4v) is 7.41. The summed E-state index contributed by atoms with van der Waals surface area (Å²) in [6.07, 6.45) is 11.9. The van der Waals surface area contributed by atoms with Crippen LogP contribution in [0.25, 0.3) is 0 Å². The summed E-state index contributed by atoms with van der Waals surface area (Å²) < 4.78 is 0. The number of aromatic nitrogens is 1. The quantitative estimate of drug-likeness (QED) is 0.320. The zero-order valence-electron chi connectivity index (χ0n) is 19.1. The van der Waals surface area contributed by atoms with Gasteiger partial charge in [0.05, 0.1) is 0 Å². The highest BCUT2D eigenvalue weighted by molar-refractivity contribution is 5.85. The number of unbranched alkanes of at least 4 members (excludes halogenated alkanes) is 2. The molecule has 1 aromatic rings. The Balaban J connectivity index is 1.00. The van der Waals surface area contributed by atoms with Crippen molar-refractivity contribution in [3.8, 4) is 0 Å². The van der Waals surface area contributed by atoms with Crippen LogP contribution in [0, 0.1) is 33.3 Å². The van der Waals surface area contributed by atoms with Crippen molar-refractivity contribution in [3.05, 3.63) is 28.3 Å². The van der Waals surface area contributed by atoms with E-state index in [4.69, 9.17) is 0 Å². The van der Waals surface area contributed by atoms with Crippen LogP contribution in [0.3, 0.4) is 0 Å². The first-order valence-corrected chi connectivity index (χ1v) is 12.6. The highest BCUT2D eigenvalue weighted by Gasteiger charge is 2.53. The van der Waals surface area contributed by atoms with E-state index in [0.717, 1.165) is 76.2 Å². The van der Waals surface area contributed by atoms with Gasteiger partial charge in [-0.3, -0.25) is 9.69 Å². The molecule has 7 nitrogen and oxygen atoms in total. The zero-order chi connectivity index (χ0) is 22.1. The molecule has 0 N–H and O–H groups in total. The molecule has 0 atom stereocenters. The molecule has 0 amide bonds. The third-order valence-corrected chi connectivity index (χ3v) is 8.61. The maximum atomic E-state index is 13.1. The fraction of sp³-hybridized carbons (Fsp3) is 0.760. The van der Waals surface area contributed by atoms with Crippen LogP contribution in [0.4, 0.5) is 11.6 Å². The zero-order valence-corrected chi connectivity index (χ0v) is 19.1. The van der Waals surface area contributed by atoms with Gasteiger partial charge in [-0.05, 0) is 91.6 Å². The standard InChI is InChI=1S/C25H36N4O3/c30-22(25-16-19-13-20(17-25)15-21(14-19)18-25)5-2-1-3-8-27-9-11-28(12-10-27)23-6-4-7-24(26-23)29(31)32/h4,6-7,19-21H,1-3,5,8-18H2. The Labute approximate surface area is 190 Å². The number of nitrogens with zero attached hydrogens (tertiary/aromatic N) is 4. The summed E-state index contributed by atoms with van der Waals surface area (Å²) >= 11 is 0. The lowest BCUT2D eigenvalue weighted by atomic mass is 9.48. The van der Waals surface area contributed by atoms with Crippen LogP contribution >= 0.6 is 0 Å². The van der Waals surface area contributed by atoms with Gasteiger partial charge in [-0.15, -0.1) is 0 Å². The molecule has 1 aliphatic heterocycles. The number of pyridine rings is 1. The Morgan fingerprint density at radius 3 is 2.28 bits per heavy atom. The number of carbonyl (C=O) groups excluding carboxylic acids is 1. The number of piperazine rings is 1. The van der Waals surface area contributed by atoms with E-state index >= 15 is 0 Å². The van der Waals surface area contributed by atoms with E-state index in [9.17, 15) is 14.9 Å². The molecule has 5 fully saturated rings. The minimum atomic E-state index is -0.437. The molecule has 1 aromatic heterocycles. The Hall–Kier alpha value is -2.02. The van der Waals surface area contributed by atoms with Crippen LogP contribution in [0.15, 0.2) is 18.2 Å². The molecule has 5 aliphatic rings. The van der Waals surface area contributed by atoms with Gasteiger partial charge < -0.3 is 15.0 Å². The lowest BCUT2D eigenvalue weighted by molar-refractivity contribution is -0.389. The number of hydrogen-bond donors (Lipinski definition) is 0. The van der Waals surface area contributed by atoms with Crippen molar-refractivity contribution in [1.29, 1.82) is 0 Å². The predicted octanol–water partition coefficient (Wildman–Crippen LogP) is 4.46. The van der Waals surface area contributed by atoms with Gasteiger partial charge in [-0.2, -0.15) is 0 Å². The van der Waals surface area contributed by atoms with Gasteiger partial charge in [0.25, 0.3) is 0 Å². The van der Waals surface area contributed by atoms with Crippen molar-refractivity contribution >= 4 is 17.4 Å². The SMILES string of the molecule is O=C(CCCCCN1CCN(c2cccc([N+](=O)[O-])n2)CC1)C12CC3CC(CC(C3)C1)C2. The summed E-state index contributed by atoms with van der Waals surface area (Å²) in [6.45, 7) is 4.67. The van der Waals surface area contributed by atoms with Crippen molar-refractivity contribution in [3.63, 3.8) is 0 Å². The van der Waals surface area contributed by atoms with Crippen molar-refractivity contribution in [2.75, 3.05) is 37.6 Å². The van der Waals surface area contributed by atoms with Gasteiger partial charge in [0.1, 0.15) is 5.78 Å². The molecule has 0 radical (unpaired) electrons. The topological polar surface area (TPSA) is 79.6 Å². The second-order valence-electron chi connectivity index (χ2n) is 10.9. The number of Topliss-reactive ketones (excluding diaryl/α,β-unsaturated/α-hetero) is 1. The molecule has 4 saturated carbocycles. The molecular formula is C25H36N4O3. The van der Waals surface area contributed by atoms with Crippen molar-refractivity contribution in [1.82, 2.24) is 9.88 Å². The molecule has 7 heteroatoms. The largest absolute Gasteiger partial charge is 0.365 e. The van der Waals surface area contributed by atoms with Gasteiger partial charge in [0, 0.05) is 50.1 Å². The van der Waals surface area contributed by atoms with Crippen LogP contribution in [0.1, 0.15) is 64.2 Å². The number of carbonyl (C=O) groups is 1. The van der Waals surface area contributed by atoms with E-state index in [1.807, 2.05) is 6.07 Å². The van der Waals surface area contributed by atoms with Crippen LogP contribution in [-0.4, -0.2) is 53.3 Å². The van der Waals surface area contributed by atoms with E-state index in [1.54, 1.807) is 6.07 Å². The van der Waals surface area contributed by atoms with Crippen LogP contribution < -0.4 is 4.90 Å². The summed E-state index contributed by atoms with van der Waals surface area (Å²) in [5.74, 6) is 3.74. The molecule has 32 heavy (non-hydrogen) atoms. The third-order valence-electron chi connectivity index (χ3n) is 8.61. The van der Waals surface area contributed by atoms with Crippen molar-refractivity contribution in [2.45, 2.75) is 64.2 Å².